The predicted octanol–water partition coefficient (Wildman–Crippen LogP) is 3.19. The van der Waals surface area contributed by atoms with Crippen LogP contribution in [0.1, 0.15) is 58.8 Å². The van der Waals surface area contributed by atoms with Gasteiger partial charge in [-0.1, -0.05) is 29.7 Å². The highest BCUT2D eigenvalue weighted by Gasteiger charge is 2.62. The van der Waals surface area contributed by atoms with E-state index in [2.05, 4.69) is 30.2 Å². The highest BCUT2D eigenvalue weighted by atomic mass is 16.4. The van der Waals surface area contributed by atoms with Crippen molar-refractivity contribution in [1.29, 1.82) is 0 Å². The molecule has 4 aliphatic rings. The largest absolute Gasteiger partial charge is 0.411 e. The fourth-order valence-electron chi connectivity index (χ4n) is 7.54. The van der Waals surface area contributed by atoms with E-state index in [1.165, 1.54) is 5.57 Å². The van der Waals surface area contributed by atoms with E-state index in [9.17, 15) is 20.6 Å². The second kappa shape index (κ2) is 6.59. The molecule has 0 bridgehead atoms. The van der Waals surface area contributed by atoms with E-state index in [0.717, 1.165) is 44.2 Å². The Kier molecular flexibility index (Phi) is 4.62. The van der Waals surface area contributed by atoms with Gasteiger partial charge in [-0.3, -0.25) is 0 Å². The van der Waals surface area contributed by atoms with Crippen LogP contribution in [0.4, 0.5) is 0 Å². The van der Waals surface area contributed by atoms with Crippen LogP contribution in [0, 0.1) is 34.5 Å². The smallest absolute Gasteiger partial charge is 0.0860 e. The summed E-state index contributed by atoms with van der Waals surface area (Å²) in [4.78, 5) is 0. The molecule has 3 saturated carbocycles. The normalized spacial score (nSPS) is 48.6. The average molecular weight is 376 g/mol. The van der Waals surface area contributed by atoms with E-state index in [4.69, 9.17) is 0 Å². The fourth-order valence-corrected chi connectivity index (χ4v) is 7.54. The van der Waals surface area contributed by atoms with E-state index in [1.54, 1.807) is 0 Å². The van der Waals surface area contributed by atoms with Crippen molar-refractivity contribution in [2.45, 2.75) is 64.9 Å². The molecule has 27 heavy (non-hydrogen) atoms. The topological polar surface area (TPSA) is 106 Å². The fraction of sp³-hybridized carbons (Fsp3) is 0.810. The molecule has 4 aliphatic carbocycles. The van der Waals surface area contributed by atoms with Gasteiger partial charge in [-0.15, -0.1) is 0 Å². The van der Waals surface area contributed by atoms with E-state index in [0.29, 0.717) is 24.0 Å². The van der Waals surface area contributed by atoms with Crippen molar-refractivity contribution in [2.75, 3.05) is 6.61 Å². The van der Waals surface area contributed by atoms with Gasteiger partial charge in [-0.2, -0.15) is 0 Å². The second-order valence-corrected chi connectivity index (χ2v) is 9.67. The molecule has 150 valence electrons. The maximum atomic E-state index is 11.3. The zero-order chi connectivity index (χ0) is 19.4. The minimum absolute atomic E-state index is 0.0392. The molecule has 7 atom stereocenters. The minimum atomic E-state index is -0.406. The highest BCUT2D eigenvalue weighted by molar-refractivity contribution is 5.96. The van der Waals surface area contributed by atoms with Crippen LogP contribution in [0.25, 0.3) is 0 Å². The molecular weight excluding hydrogens is 344 g/mol. The first-order valence-electron chi connectivity index (χ1n) is 10.3. The third-order valence-electron chi connectivity index (χ3n) is 8.73. The Morgan fingerprint density at radius 1 is 1.19 bits per heavy atom. The molecule has 3 fully saturated rings. The van der Waals surface area contributed by atoms with Gasteiger partial charge in [-0.05, 0) is 79.6 Å². The number of allylic oxidation sites excluding steroid dienone is 2. The Morgan fingerprint density at radius 2 is 1.96 bits per heavy atom. The molecule has 0 aromatic rings. The molecule has 6 nitrogen and oxygen atoms in total. The van der Waals surface area contributed by atoms with E-state index in [-0.39, 0.29) is 29.3 Å². The highest BCUT2D eigenvalue weighted by Crippen LogP contribution is 2.66. The van der Waals surface area contributed by atoms with Gasteiger partial charge in [0.1, 0.15) is 0 Å². The van der Waals surface area contributed by atoms with Crippen molar-refractivity contribution in [3.8, 4) is 0 Å². The van der Waals surface area contributed by atoms with Crippen LogP contribution >= 0.6 is 0 Å². The summed E-state index contributed by atoms with van der Waals surface area (Å²) < 4.78 is 0. The minimum Gasteiger partial charge on any atom is -0.411 e. The number of rotatable bonds is 2. The predicted molar refractivity (Wildman–Crippen MR) is 102 cm³/mol. The SMILES string of the molecule is CC12CC(O)[C@H]3C(CCC4=CC(=NO)CCC43C)C1CCC2/C(CO)=N/O. The van der Waals surface area contributed by atoms with Crippen molar-refractivity contribution in [3.05, 3.63) is 11.6 Å². The lowest BCUT2D eigenvalue weighted by Gasteiger charge is -2.60. The van der Waals surface area contributed by atoms with E-state index >= 15 is 0 Å². The van der Waals surface area contributed by atoms with Crippen LogP contribution in [0.2, 0.25) is 0 Å². The number of aliphatic hydroxyl groups excluding tert-OH is 2. The summed E-state index contributed by atoms with van der Waals surface area (Å²) in [6, 6.07) is 0. The molecule has 4 N–H and O–H groups in total. The van der Waals surface area contributed by atoms with Gasteiger partial charge in [0, 0.05) is 5.92 Å². The monoisotopic (exact) mass is 376 g/mol. The summed E-state index contributed by atoms with van der Waals surface area (Å²) in [5.74, 6) is 1.18. The molecule has 6 unspecified atom stereocenters. The Labute approximate surface area is 160 Å². The molecule has 0 amide bonds. The number of hydrogen-bond donors (Lipinski definition) is 4. The summed E-state index contributed by atoms with van der Waals surface area (Å²) >= 11 is 0. The molecule has 0 spiro atoms. The quantitative estimate of drug-likeness (QED) is 0.337. The third-order valence-corrected chi connectivity index (χ3v) is 8.73. The Balaban J connectivity index is 1.69. The number of aliphatic hydroxyl groups is 2. The Morgan fingerprint density at radius 3 is 2.63 bits per heavy atom. The van der Waals surface area contributed by atoms with Gasteiger partial charge in [0.25, 0.3) is 0 Å². The molecular formula is C21H32N2O4. The van der Waals surface area contributed by atoms with Gasteiger partial charge in [-0.25, -0.2) is 0 Å². The zero-order valence-corrected chi connectivity index (χ0v) is 16.3. The number of fused-ring (bicyclic) bond motifs is 5. The van der Waals surface area contributed by atoms with Crippen molar-refractivity contribution >= 4 is 11.4 Å². The van der Waals surface area contributed by atoms with Crippen LogP contribution in [0.5, 0.6) is 0 Å². The first kappa shape index (κ1) is 18.9. The standard InChI is InChI=1S/C21H32N2O4/c1-20-8-7-13(22-26)9-12(20)3-4-14-15-5-6-16(17(11-24)23-27)21(15,2)10-18(25)19(14)20/h9,14-16,18-19,24-27H,3-8,10-11H2,1-2H3/b22-13?,23-17+/t14?,15?,16?,18?,19-,20?,21?/m1/s1. The summed E-state index contributed by atoms with van der Waals surface area (Å²) in [5.41, 5.74) is 2.38. The van der Waals surface area contributed by atoms with Crippen molar-refractivity contribution in [2.24, 2.45) is 44.8 Å². The van der Waals surface area contributed by atoms with Crippen LogP contribution in [-0.4, -0.2) is 44.8 Å². The second-order valence-electron chi connectivity index (χ2n) is 9.67. The van der Waals surface area contributed by atoms with Gasteiger partial charge in [0.15, 0.2) is 0 Å². The van der Waals surface area contributed by atoms with Crippen LogP contribution < -0.4 is 0 Å². The average Bonchev–Trinajstić information content (AvgIpc) is 2.98. The van der Waals surface area contributed by atoms with Crippen LogP contribution in [-0.2, 0) is 0 Å². The lowest BCUT2D eigenvalue weighted by Crippen LogP contribution is -2.57. The number of oxime groups is 2. The summed E-state index contributed by atoms with van der Waals surface area (Å²) in [5, 5.41) is 46.3. The lowest BCUT2D eigenvalue weighted by molar-refractivity contribution is -0.121. The molecule has 0 heterocycles. The van der Waals surface area contributed by atoms with Gasteiger partial charge in [0.2, 0.25) is 0 Å². The van der Waals surface area contributed by atoms with Gasteiger partial charge in [0.05, 0.1) is 24.1 Å². The first-order chi connectivity index (χ1) is 12.9. The summed E-state index contributed by atoms with van der Waals surface area (Å²) in [6.07, 6.45) is 8.01. The first-order valence-corrected chi connectivity index (χ1v) is 10.3. The van der Waals surface area contributed by atoms with E-state index in [1.807, 2.05) is 0 Å². The number of nitrogens with zero attached hydrogens (tertiary/aromatic N) is 2. The zero-order valence-electron chi connectivity index (χ0n) is 16.3. The number of hydrogen-bond acceptors (Lipinski definition) is 6. The summed E-state index contributed by atoms with van der Waals surface area (Å²) in [6.45, 7) is 4.29. The molecule has 0 saturated heterocycles. The Hall–Kier alpha value is -1.40. The molecule has 0 aromatic heterocycles. The van der Waals surface area contributed by atoms with Crippen molar-refractivity contribution in [3.63, 3.8) is 0 Å². The van der Waals surface area contributed by atoms with Gasteiger partial charge >= 0.3 is 0 Å². The van der Waals surface area contributed by atoms with E-state index < -0.39 is 6.10 Å². The maximum absolute atomic E-state index is 11.3. The lowest BCUT2D eigenvalue weighted by atomic mass is 9.46. The molecule has 0 radical (unpaired) electrons. The summed E-state index contributed by atoms with van der Waals surface area (Å²) in [7, 11) is 0. The molecule has 4 rings (SSSR count). The molecule has 0 aromatic carbocycles. The third kappa shape index (κ3) is 2.59. The molecule has 6 heteroatoms. The van der Waals surface area contributed by atoms with Crippen LogP contribution in [0.3, 0.4) is 0 Å². The van der Waals surface area contributed by atoms with Crippen molar-refractivity contribution in [1.82, 2.24) is 0 Å². The van der Waals surface area contributed by atoms with Crippen molar-refractivity contribution < 1.29 is 20.6 Å². The molecule has 0 aliphatic heterocycles. The van der Waals surface area contributed by atoms with Gasteiger partial charge < -0.3 is 20.6 Å². The maximum Gasteiger partial charge on any atom is 0.0860 e. The van der Waals surface area contributed by atoms with Crippen LogP contribution in [0.15, 0.2) is 22.0 Å². The Bertz CT molecular complexity index is 702.